The van der Waals surface area contributed by atoms with Gasteiger partial charge in [0, 0.05) is 49.3 Å². The number of rotatable bonds is 2. The van der Waals surface area contributed by atoms with Crippen molar-refractivity contribution in [2.24, 2.45) is 0 Å². The molecule has 1 aliphatic rings. The van der Waals surface area contributed by atoms with Gasteiger partial charge in [-0.1, -0.05) is 6.07 Å². The van der Waals surface area contributed by atoms with E-state index in [4.69, 9.17) is 0 Å². The fourth-order valence-corrected chi connectivity index (χ4v) is 3.12. The van der Waals surface area contributed by atoms with Crippen LogP contribution >= 0.6 is 0 Å². The number of nitrogens with zero attached hydrogens (tertiary/aromatic N) is 3. The maximum Gasteiger partial charge on any atom is 0.416 e. The summed E-state index contributed by atoms with van der Waals surface area (Å²) in [6.45, 7) is 4.33. The molecule has 2 aromatic rings. The van der Waals surface area contributed by atoms with Crippen LogP contribution in [0.15, 0.2) is 42.6 Å². The molecule has 1 aromatic heterocycles. The highest BCUT2D eigenvalue weighted by atomic mass is 19.4. The number of aryl methyl sites for hydroxylation is 1. The standard InChI is InChI=1S/C19H20F3N3O/c1-14-12-17(6-7-23-14)24-8-3-9-25(11-10-24)18(26)15-4-2-5-16(13-15)19(20,21)22/h2,4-7,12-13H,3,8-11H2,1H3. The predicted molar refractivity (Wildman–Crippen MR) is 93.2 cm³/mol. The van der Waals surface area contributed by atoms with E-state index in [1.165, 1.54) is 12.1 Å². The van der Waals surface area contributed by atoms with E-state index in [2.05, 4.69) is 9.88 Å². The average Bonchev–Trinajstić information content (AvgIpc) is 2.87. The minimum atomic E-state index is -4.45. The molecule has 0 saturated carbocycles. The van der Waals surface area contributed by atoms with Gasteiger partial charge in [0.25, 0.3) is 5.91 Å². The van der Waals surface area contributed by atoms with Gasteiger partial charge < -0.3 is 9.80 Å². The first-order valence-corrected chi connectivity index (χ1v) is 8.49. The number of hydrogen-bond acceptors (Lipinski definition) is 3. The lowest BCUT2D eigenvalue weighted by Crippen LogP contribution is -2.35. The van der Waals surface area contributed by atoms with Crippen LogP contribution < -0.4 is 4.90 Å². The summed E-state index contributed by atoms with van der Waals surface area (Å²) in [5.41, 5.74) is 1.25. The third kappa shape index (κ3) is 4.15. The number of aromatic nitrogens is 1. The molecule has 0 unspecified atom stereocenters. The lowest BCUT2D eigenvalue weighted by Gasteiger charge is -2.24. The Labute approximate surface area is 150 Å². The van der Waals surface area contributed by atoms with Gasteiger partial charge >= 0.3 is 6.18 Å². The van der Waals surface area contributed by atoms with Crippen LogP contribution in [0.4, 0.5) is 18.9 Å². The smallest absolute Gasteiger partial charge is 0.370 e. The van der Waals surface area contributed by atoms with Crippen LogP contribution in [0.5, 0.6) is 0 Å². The second kappa shape index (κ2) is 7.35. The zero-order chi connectivity index (χ0) is 18.7. The Hall–Kier alpha value is -2.57. The van der Waals surface area contributed by atoms with Crippen molar-refractivity contribution in [2.75, 3.05) is 31.1 Å². The van der Waals surface area contributed by atoms with E-state index in [1.807, 2.05) is 19.1 Å². The highest BCUT2D eigenvalue weighted by Crippen LogP contribution is 2.30. The summed E-state index contributed by atoms with van der Waals surface area (Å²) in [7, 11) is 0. The van der Waals surface area contributed by atoms with Crippen LogP contribution in [0.1, 0.15) is 28.0 Å². The molecule has 0 spiro atoms. The van der Waals surface area contributed by atoms with Gasteiger partial charge in [-0.05, 0) is 43.7 Å². The highest BCUT2D eigenvalue weighted by Gasteiger charge is 2.31. The monoisotopic (exact) mass is 363 g/mol. The van der Waals surface area contributed by atoms with Gasteiger partial charge in [0.15, 0.2) is 0 Å². The summed E-state index contributed by atoms with van der Waals surface area (Å²) in [4.78, 5) is 20.6. The Morgan fingerprint density at radius 2 is 1.88 bits per heavy atom. The third-order valence-corrected chi connectivity index (χ3v) is 4.47. The largest absolute Gasteiger partial charge is 0.416 e. The molecule has 1 saturated heterocycles. The number of hydrogen-bond donors (Lipinski definition) is 0. The van der Waals surface area contributed by atoms with Gasteiger partial charge in [0.2, 0.25) is 0 Å². The number of alkyl halides is 3. The predicted octanol–water partition coefficient (Wildman–Crippen LogP) is 3.76. The molecule has 2 heterocycles. The van der Waals surface area contributed by atoms with E-state index in [9.17, 15) is 18.0 Å². The number of carbonyl (C=O) groups excluding carboxylic acids is 1. The number of amides is 1. The minimum Gasteiger partial charge on any atom is -0.370 e. The van der Waals surface area contributed by atoms with E-state index in [0.717, 1.165) is 36.5 Å². The van der Waals surface area contributed by atoms with Crippen molar-refractivity contribution in [3.63, 3.8) is 0 Å². The van der Waals surface area contributed by atoms with Crippen molar-refractivity contribution in [3.05, 3.63) is 59.4 Å². The molecule has 26 heavy (non-hydrogen) atoms. The van der Waals surface area contributed by atoms with E-state index >= 15 is 0 Å². The number of benzene rings is 1. The van der Waals surface area contributed by atoms with Gasteiger partial charge in [0.1, 0.15) is 0 Å². The van der Waals surface area contributed by atoms with E-state index in [-0.39, 0.29) is 11.5 Å². The van der Waals surface area contributed by atoms with Gasteiger partial charge in [-0.25, -0.2) is 0 Å². The summed E-state index contributed by atoms with van der Waals surface area (Å²) < 4.78 is 38.6. The Morgan fingerprint density at radius 3 is 2.62 bits per heavy atom. The molecule has 1 fully saturated rings. The van der Waals surface area contributed by atoms with Crippen molar-refractivity contribution in [3.8, 4) is 0 Å². The Balaban J connectivity index is 1.72. The van der Waals surface area contributed by atoms with Crippen molar-refractivity contribution in [1.82, 2.24) is 9.88 Å². The molecule has 0 bridgehead atoms. The maximum absolute atomic E-state index is 12.9. The van der Waals surface area contributed by atoms with Gasteiger partial charge in [-0.15, -0.1) is 0 Å². The summed E-state index contributed by atoms with van der Waals surface area (Å²) >= 11 is 0. The molecule has 3 rings (SSSR count). The highest BCUT2D eigenvalue weighted by molar-refractivity contribution is 5.94. The van der Waals surface area contributed by atoms with Gasteiger partial charge in [-0.3, -0.25) is 9.78 Å². The average molecular weight is 363 g/mol. The molecular weight excluding hydrogens is 343 g/mol. The van der Waals surface area contributed by atoms with Crippen molar-refractivity contribution in [2.45, 2.75) is 19.5 Å². The number of carbonyl (C=O) groups is 1. The minimum absolute atomic E-state index is 0.0769. The quantitative estimate of drug-likeness (QED) is 0.815. The topological polar surface area (TPSA) is 36.4 Å². The fourth-order valence-electron chi connectivity index (χ4n) is 3.12. The molecule has 1 amide bonds. The SMILES string of the molecule is Cc1cc(N2CCCN(C(=O)c3cccc(C(F)(F)F)c3)CC2)ccn1. The van der Waals surface area contributed by atoms with Gasteiger partial charge in [-0.2, -0.15) is 13.2 Å². The molecule has 0 radical (unpaired) electrons. The van der Waals surface area contributed by atoms with Crippen LogP contribution in [0.2, 0.25) is 0 Å². The second-order valence-corrected chi connectivity index (χ2v) is 6.37. The van der Waals surface area contributed by atoms with Crippen LogP contribution in [0.25, 0.3) is 0 Å². The van der Waals surface area contributed by atoms with Crippen LogP contribution in [0, 0.1) is 6.92 Å². The molecule has 0 atom stereocenters. The second-order valence-electron chi connectivity index (χ2n) is 6.37. The summed E-state index contributed by atoms with van der Waals surface area (Å²) in [5, 5.41) is 0. The summed E-state index contributed by atoms with van der Waals surface area (Å²) in [6.07, 6.45) is -1.95. The molecule has 7 heteroatoms. The van der Waals surface area contributed by atoms with E-state index < -0.39 is 11.7 Å². The number of pyridine rings is 1. The summed E-state index contributed by atoms with van der Waals surface area (Å²) in [5.74, 6) is -0.358. The van der Waals surface area contributed by atoms with E-state index in [1.54, 1.807) is 11.1 Å². The van der Waals surface area contributed by atoms with Gasteiger partial charge in [0.05, 0.1) is 5.56 Å². The van der Waals surface area contributed by atoms with Crippen LogP contribution in [-0.4, -0.2) is 42.0 Å². The Kier molecular flexibility index (Phi) is 5.15. The summed E-state index contributed by atoms with van der Waals surface area (Å²) in [6, 6.07) is 8.54. The van der Waals surface area contributed by atoms with Crippen molar-refractivity contribution in [1.29, 1.82) is 0 Å². The van der Waals surface area contributed by atoms with Crippen molar-refractivity contribution >= 4 is 11.6 Å². The molecule has 1 aliphatic heterocycles. The number of halogens is 3. The first-order valence-electron chi connectivity index (χ1n) is 8.49. The zero-order valence-electron chi connectivity index (χ0n) is 14.5. The van der Waals surface area contributed by atoms with E-state index in [0.29, 0.717) is 19.6 Å². The molecule has 0 N–H and O–H groups in total. The van der Waals surface area contributed by atoms with Crippen molar-refractivity contribution < 1.29 is 18.0 Å². The fraction of sp³-hybridized carbons (Fsp3) is 0.368. The van der Waals surface area contributed by atoms with Crippen LogP contribution in [-0.2, 0) is 6.18 Å². The zero-order valence-corrected chi connectivity index (χ0v) is 14.5. The lowest BCUT2D eigenvalue weighted by molar-refractivity contribution is -0.137. The molecule has 0 aliphatic carbocycles. The first kappa shape index (κ1) is 18.2. The molecular formula is C19H20F3N3O. The third-order valence-electron chi connectivity index (χ3n) is 4.47. The number of anilines is 1. The Morgan fingerprint density at radius 1 is 1.08 bits per heavy atom. The molecule has 4 nitrogen and oxygen atoms in total. The Bertz CT molecular complexity index is 792. The first-order chi connectivity index (χ1) is 12.3. The molecule has 138 valence electrons. The van der Waals surface area contributed by atoms with Crippen LogP contribution in [0.3, 0.4) is 0 Å². The maximum atomic E-state index is 12.9. The lowest BCUT2D eigenvalue weighted by atomic mass is 10.1. The molecule has 1 aromatic carbocycles. The normalized spacial score (nSPS) is 15.7.